The molecule has 2 aliphatic carbocycles. The summed E-state index contributed by atoms with van der Waals surface area (Å²) in [5.74, 6) is 0.711. The molecular formula is C22H30FNO4. The zero-order valence-corrected chi connectivity index (χ0v) is 16.8. The Morgan fingerprint density at radius 1 is 1.43 bits per heavy atom. The van der Waals surface area contributed by atoms with Crippen LogP contribution in [0.1, 0.15) is 51.2 Å². The van der Waals surface area contributed by atoms with E-state index in [4.69, 9.17) is 14.6 Å². The van der Waals surface area contributed by atoms with Crippen LogP contribution >= 0.6 is 0 Å². The summed E-state index contributed by atoms with van der Waals surface area (Å²) in [6, 6.07) is 4.97. The minimum absolute atomic E-state index is 0.00973. The first-order valence-electron chi connectivity index (χ1n) is 10.2. The molecule has 5 nitrogen and oxygen atoms in total. The largest absolute Gasteiger partial charge is 0.497 e. The highest BCUT2D eigenvalue weighted by molar-refractivity contribution is 5.76. The van der Waals surface area contributed by atoms with Gasteiger partial charge in [0.2, 0.25) is 5.91 Å². The normalized spacial score (nSPS) is 35.5. The third-order valence-electron chi connectivity index (χ3n) is 7.66. The molecule has 2 saturated carbocycles. The second-order valence-electron chi connectivity index (χ2n) is 9.20. The zero-order valence-electron chi connectivity index (χ0n) is 16.8. The Balaban J connectivity index is 1.67. The Morgan fingerprint density at radius 2 is 2.21 bits per heavy atom. The van der Waals surface area contributed by atoms with Gasteiger partial charge < -0.3 is 19.9 Å². The van der Waals surface area contributed by atoms with Crippen LogP contribution in [0.2, 0.25) is 0 Å². The van der Waals surface area contributed by atoms with Crippen LogP contribution < -0.4 is 10.1 Å². The fourth-order valence-corrected chi connectivity index (χ4v) is 6.30. The number of halogens is 1. The molecule has 2 bridgehead atoms. The van der Waals surface area contributed by atoms with Gasteiger partial charge in [0, 0.05) is 30.7 Å². The van der Waals surface area contributed by atoms with Crippen LogP contribution in [0.15, 0.2) is 18.2 Å². The molecular weight excluding hydrogens is 361 g/mol. The van der Waals surface area contributed by atoms with Crippen molar-refractivity contribution >= 4 is 5.91 Å². The molecule has 6 heteroatoms. The lowest BCUT2D eigenvalue weighted by molar-refractivity contribution is -0.138. The van der Waals surface area contributed by atoms with Gasteiger partial charge in [0.1, 0.15) is 11.6 Å². The molecule has 0 aromatic heterocycles. The summed E-state index contributed by atoms with van der Waals surface area (Å²) in [5.41, 5.74) is 0.465. The van der Waals surface area contributed by atoms with E-state index >= 15 is 0 Å². The third-order valence-corrected chi connectivity index (χ3v) is 7.66. The van der Waals surface area contributed by atoms with Crippen molar-refractivity contribution in [3.63, 3.8) is 0 Å². The number of carbonyl (C=O) groups is 1. The minimum Gasteiger partial charge on any atom is -0.497 e. The van der Waals surface area contributed by atoms with Gasteiger partial charge in [-0.2, -0.15) is 0 Å². The van der Waals surface area contributed by atoms with E-state index in [1.54, 1.807) is 12.1 Å². The molecule has 1 aromatic carbocycles. The van der Waals surface area contributed by atoms with Crippen molar-refractivity contribution in [1.29, 1.82) is 0 Å². The van der Waals surface area contributed by atoms with Crippen LogP contribution in [0.3, 0.4) is 0 Å². The van der Waals surface area contributed by atoms with Crippen LogP contribution in [0, 0.1) is 28.5 Å². The van der Waals surface area contributed by atoms with Gasteiger partial charge in [-0.05, 0) is 54.1 Å². The van der Waals surface area contributed by atoms with Gasteiger partial charge in [-0.25, -0.2) is 4.39 Å². The molecule has 1 spiro atoms. The molecule has 4 rings (SSSR count). The van der Waals surface area contributed by atoms with Crippen molar-refractivity contribution in [1.82, 2.24) is 5.32 Å². The fourth-order valence-electron chi connectivity index (χ4n) is 6.30. The molecule has 154 valence electrons. The fraction of sp³-hybridized carbons (Fsp3) is 0.682. The Kier molecular flexibility index (Phi) is 4.91. The molecule has 2 N–H and O–H groups in total. The molecule has 0 unspecified atom stereocenters. The van der Waals surface area contributed by atoms with Crippen molar-refractivity contribution in [2.75, 3.05) is 20.3 Å². The summed E-state index contributed by atoms with van der Waals surface area (Å²) in [4.78, 5) is 12.3. The predicted molar refractivity (Wildman–Crippen MR) is 102 cm³/mol. The smallest absolute Gasteiger partial charge is 0.222 e. The molecule has 1 aliphatic heterocycles. The molecule has 5 atom stereocenters. The van der Waals surface area contributed by atoms with E-state index in [0.717, 1.165) is 19.3 Å². The average Bonchev–Trinajstić information content (AvgIpc) is 3.15. The Bertz CT molecular complexity index is 767. The SMILES string of the molecule is COc1ccc([C@H]2OCC[C@@]34C[C@@H](C[C@H]23)C(C)(C)[C@@H]4NC(=O)CCO)c(F)c1. The monoisotopic (exact) mass is 391 g/mol. The lowest BCUT2D eigenvalue weighted by Crippen LogP contribution is -2.59. The summed E-state index contributed by atoms with van der Waals surface area (Å²) in [7, 11) is 1.53. The van der Waals surface area contributed by atoms with Crippen LogP contribution in [-0.4, -0.2) is 37.4 Å². The van der Waals surface area contributed by atoms with Gasteiger partial charge in [0.25, 0.3) is 0 Å². The summed E-state index contributed by atoms with van der Waals surface area (Å²) in [5, 5.41) is 12.4. The highest BCUT2D eigenvalue weighted by Gasteiger charge is 2.68. The van der Waals surface area contributed by atoms with Crippen LogP contribution in [0.4, 0.5) is 4.39 Å². The first kappa shape index (κ1) is 19.6. The zero-order chi connectivity index (χ0) is 20.1. The van der Waals surface area contributed by atoms with Gasteiger partial charge in [0.05, 0.1) is 19.8 Å². The second-order valence-corrected chi connectivity index (χ2v) is 9.20. The Labute approximate surface area is 165 Å². The molecule has 1 amide bonds. The molecule has 3 fully saturated rings. The highest BCUT2D eigenvalue weighted by atomic mass is 19.1. The van der Waals surface area contributed by atoms with Gasteiger partial charge in [-0.1, -0.05) is 13.8 Å². The average molecular weight is 391 g/mol. The topological polar surface area (TPSA) is 67.8 Å². The first-order valence-corrected chi connectivity index (χ1v) is 10.2. The number of aliphatic hydroxyl groups excluding tert-OH is 1. The van der Waals surface area contributed by atoms with Gasteiger partial charge >= 0.3 is 0 Å². The number of nitrogens with one attached hydrogen (secondary N) is 1. The summed E-state index contributed by atoms with van der Waals surface area (Å²) in [6.07, 6.45) is 2.70. The van der Waals surface area contributed by atoms with Crippen molar-refractivity contribution in [3.8, 4) is 5.75 Å². The minimum atomic E-state index is -0.307. The molecule has 28 heavy (non-hydrogen) atoms. The maximum Gasteiger partial charge on any atom is 0.222 e. The van der Waals surface area contributed by atoms with E-state index in [2.05, 4.69) is 19.2 Å². The number of hydrogen-bond acceptors (Lipinski definition) is 4. The molecule has 0 radical (unpaired) electrons. The van der Waals surface area contributed by atoms with Crippen molar-refractivity contribution < 1.29 is 23.8 Å². The molecule has 1 heterocycles. The standard InChI is InChI=1S/C22H30FNO4/c1-21(2)13-10-16-19(15-5-4-14(27-3)11-17(15)23)28-9-7-22(16,12-13)20(21)24-18(26)6-8-25/h4-5,11,13,16,19-20,25H,6-10,12H2,1-3H3,(H,24,26)/t13-,16-,19-,20+,22-/m1/s1. The Hall–Kier alpha value is -1.66. The third kappa shape index (κ3) is 2.84. The number of methoxy groups -OCH3 is 1. The number of hydrogen-bond donors (Lipinski definition) is 2. The van der Waals surface area contributed by atoms with Crippen molar-refractivity contribution in [2.24, 2.45) is 22.7 Å². The lowest BCUT2D eigenvalue weighted by Gasteiger charge is -2.53. The summed E-state index contributed by atoms with van der Waals surface area (Å²) < 4.78 is 26.1. The number of benzene rings is 1. The van der Waals surface area contributed by atoms with E-state index < -0.39 is 0 Å². The van der Waals surface area contributed by atoms with E-state index in [1.807, 2.05) is 0 Å². The highest BCUT2D eigenvalue weighted by Crippen LogP contribution is 2.70. The quantitative estimate of drug-likeness (QED) is 0.809. The number of rotatable bonds is 5. The Morgan fingerprint density at radius 3 is 2.89 bits per heavy atom. The lowest BCUT2D eigenvalue weighted by atomic mass is 9.58. The van der Waals surface area contributed by atoms with Crippen molar-refractivity contribution in [2.45, 2.75) is 51.7 Å². The molecule has 1 saturated heterocycles. The summed E-state index contributed by atoms with van der Waals surface area (Å²) in [6.45, 7) is 4.86. The van der Waals surface area contributed by atoms with E-state index in [-0.39, 0.29) is 53.6 Å². The van der Waals surface area contributed by atoms with Crippen LogP contribution in [0.25, 0.3) is 0 Å². The number of aliphatic hydroxyl groups is 1. The first-order chi connectivity index (χ1) is 13.3. The number of fused-ring (bicyclic) bond motifs is 1. The van der Waals surface area contributed by atoms with E-state index in [0.29, 0.717) is 23.8 Å². The maximum atomic E-state index is 14.8. The molecule has 3 aliphatic rings. The second kappa shape index (κ2) is 6.99. The van der Waals surface area contributed by atoms with E-state index in [9.17, 15) is 9.18 Å². The van der Waals surface area contributed by atoms with Crippen molar-refractivity contribution in [3.05, 3.63) is 29.6 Å². The summed E-state index contributed by atoms with van der Waals surface area (Å²) >= 11 is 0. The van der Waals surface area contributed by atoms with Crippen LogP contribution in [0.5, 0.6) is 5.75 Å². The number of carbonyl (C=O) groups excluding carboxylic acids is 1. The van der Waals surface area contributed by atoms with Crippen LogP contribution in [-0.2, 0) is 9.53 Å². The molecule has 1 aromatic rings. The number of amides is 1. The van der Waals surface area contributed by atoms with Gasteiger partial charge in [-0.3, -0.25) is 4.79 Å². The van der Waals surface area contributed by atoms with Gasteiger partial charge in [-0.15, -0.1) is 0 Å². The maximum absolute atomic E-state index is 14.8. The van der Waals surface area contributed by atoms with E-state index in [1.165, 1.54) is 13.2 Å². The number of ether oxygens (including phenoxy) is 2. The van der Waals surface area contributed by atoms with Gasteiger partial charge in [0.15, 0.2) is 0 Å². The predicted octanol–water partition coefficient (Wildman–Crippen LogP) is 3.22.